The number of nitrogen functional groups attached to an aromatic ring is 1. The highest BCUT2D eigenvalue weighted by atomic mass is 32.2. The van der Waals surface area contributed by atoms with Crippen LogP contribution in [0.3, 0.4) is 0 Å². The molecule has 7 heteroatoms. The van der Waals surface area contributed by atoms with Gasteiger partial charge in [0.2, 0.25) is 10.0 Å². The fourth-order valence-electron chi connectivity index (χ4n) is 1.48. The second-order valence-corrected chi connectivity index (χ2v) is 5.84. The molecule has 5 N–H and O–H groups in total. The molecule has 1 aromatic rings. The Morgan fingerprint density at radius 2 is 2.06 bits per heavy atom. The summed E-state index contributed by atoms with van der Waals surface area (Å²) in [5, 5.41) is 17.2. The van der Waals surface area contributed by atoms with E-state index in [9.17, 15) is 8.42 Å². The van der Waals surface area contributed by atoms with Crippen LogP contribution in [0.5, 0.6) is 0 Å². The maximum atomic E-state index is 11.4. The Bertz CT molecular complexity index is 588. The Hall–Kier alpha value is -1.78. The molecule has 0 saturated heterocycles. The Balaban J connectivity index is 3.36. The van der Waals surface area contributed by atoms with E-state index in [4.69, 9.17) is 16.1 Å². The summed E-state index contributed by atoms with van der Waals surface area (Å²) in [7, 11) is -4.02. The van der Waals surface area contributed by atoms with Gasteiger partial charge in [0, 0.05) is 6.54 Å². The van der Waals surface area contributed by atoms with Crippen LogP contribution in [0.1, 0.15) is 19.4 Å². The number of rotatable bonds is 4. The molecule has 0 aromatic heterocycles. The molecule has 0 saturated carbocycles. The number of hydrogen-bond donors (Lipinski definition) is 3. The first-order valence-corrected chi connectivity index (χ1v) is 6.91. The summed E-state index contributed by atoms with van der Waals surface area (Å²) in [6, 6.07) is 4.83. The summed E-state index contributed by atoms with van der Waals surface area (Å²) in [5.41, 5.74) is 5.92. The highest BCUT2D eigenvalue weighted by Crippen LogP contribution is 2.28. The van der Waals surface area contributed by atoms with Gasteiger partial charge in [0.1, 0.15) is 11.0 Å². The molecule has 1 rings (SSSR count). The van der Waals surface area contributed by atoms with Gasteiger partial charge >= 0.3 is 0 Å². The van der Waals surface area contributed by atoms with Crippen LogP contribution in [-0.4, -0.2) is 15.0 Å². The molecule has 0 amide bonds. The van der Waals surface area contributed by atoms with Crippen molar-refractivity contribution in [2.75, 3.05) is 17.6 Å². The lowest BCUT2D eigenvalue weighted by Crippen LogP contribution is -2.18. The number of hydrogen-bond acceptors (Lipinski definition) is 5. The zero-order chi connectivity index (χ0) is 13.9. The van der Waals surface area contributed by atoms with Crippen LogP contribution in [-0.2, 0) is 10.0 Å². The normalized spacial score (nSPS) is 11.3. The maximum Gasteiger partial charge on any atom is 0.241 e. The molecular weight excluding hydrogens is 252 g/mol. The summed E-state index contributed by atoms with van der Waals surface area (Å²) >= 11 is 0. The van der Waals surface area contributed by atoms with Crippen LogP contribution in [0.2, 0.25) is 0 Å². The second-order valence-electron chi connectivity index (χ2n) is 4.34. The highest BCUT2D eigenvalue weighted by Gasteiger charge is 2.20. The van der Waals surface area contributed by atoms with Crippen molar-refractivity contribution in [3.05, 3.63) is 17.7 Å². The SMILES string of the molecule is CC(C)CNc1ccc(N)c(S(N)(=O)=O)c1C#N. The van der Waals surface area contributed by atoms with E-state index in [2.05, 4.69) is 5.32 Å². The van der Waals surface area contributed by atoms with Crippen LogP contribution < -0.4 is 16.2 Å². The van der Waals surface area contributed by atoms with Crippen LogP contribution >= 0.6 is 0 Å². The first kappa shape index (κ1) is 14.3. The monoisotopic (exact) mass is 268 g/mol. The molecule has 98 valence electrons. The molecular formula is C11H16N4O2S. The Morgan fingerprint density at radius 3 is 2.50 bits per heavy atom. The van der Waals surface area contributed by atoms with Crippen molar-refractivity contribution < 1.29 is 8.42 Å². The maximum absolute atomic E-state index is 11.4. The van der Waals surface area contributed by atoms with E-state index in [-0.39, 0.29) is 16.1 Å². The second kappa shape index (κ2) is 5.25. The molecule has 0 aliphatic carbocycles. The Kier molecular flexibility index (Phi) is 4.16. The molecule has 18 heavy (non-hydrogen) atoms. The van der Waals surface area contributed by atoms with Crippen molar-refractivity contribution >= 4 is 21.4 Å². The highest BCUT2D eigenvalue weighted by molar-refractivity contribution is 7.89. The van der Waals surface area contributed by atoms with E-state index in [1.807, 2.05) is 19.9 Å². The summed E-state index contributed by atoms with van der Waals surface area (Å²) in [6.07, 6.45) is 0. The number of nitrogens with two attached hydrogens (primary N) is 2. The molecule has 0 spiro atoms. The summed E-state index contributed by atoms with van der Waals surface area (Å²) in [4.78, 5) is -0.321. The van der Waals surface area contributed by atoms with Crippen LogP contribution in [0.25, 0.3) is 0 Å². The minimum absolute atomic E-state index is 0.0239. The Morgan fingerprint density at radius 1 is 1.44 bits per heavy atom. The average molecular weight is 268 g/mol. The minimum atomic E-state index is -4.02. The minimum Gasteiger partial charge on any atom is -0.398 e. The molecule has 0 unspecified atom stereocenters. The summed E-state index contributed by atoms with van der Waals surface area (Å²) in [6.45, 7) is 4.61. The molecule has 0 atom stereocenters. The predicted molar refractivity (Wildman–Crippen MR) is 70.3 cm³/mol. The largest absolute Gasteiger partial charge is 0.398 e. The number of benzene rings is 1. The molecule has 0 radical (unpaired) electrons. The van der Waals surface area contributed by atoms with Crippen LogP contribution in [0, 0.1) is 17.2 Å². The van der Waals surface area contributed by atoms with Crippen molar-refractivity contribution in [3.8, 4) is 6.07 Å². The molecule has 1 aromatic carbocycles. The molecule has 0 fully saturated rings. The van der Waals surface area contributed by atoms with Gasteiger partial charge in [-0.2, -0.15) is 5.26 Å². The number of nitrogens with zero attached hydrogens (tertiary/aromatic N) is 1. The molecule has 0 aliphatic rings. The van der Waals surface area contributed by atoms with E-state index in [0.717, 1.165) is 0 Å². The first-order valence-electron chi connectivity index (χ1n) is 5.36. The zero-order valence-corrected chi connectivity index (χ0v) is 11.1. The van der Waals surface area contributed by atoms with E-state index in [1.54, 1.807) is 6.07 Å². The number of primary sulfonamides is 1. The van der Waals surface area contributed by atoms with Gasteiger partial charge in [-0.3, -0.25) is 0 Å². The van der Waals surface area contributed by atoms with E-state index >= 15 is 0 Å². The first-order chi connectivity index (χ1) is 8.27. The summed E-state index contributed by atoms with van der Waals surface area (Å²) < 4.78 is 22.9. The fourth-order valence-corrected chi connectivity index (χ4v) is 2.31. The fraction of sp³-hybridized carbons (Fsp3) is 0.364. The molecule has 6 nitrogen and oxygen atoms in total. The van der Waals surface area contributed by atoms with E-state index in [0.29, 0.717) is 18.2 Å². The Labute approximate surface area is 107 Å². The van der Waals surface area contributed by atoms with Gasteiger partial charge in [0.25, 0.3) is 0 Å². The van der Waals surface area contributed by atoms with Crippen molar-refractivity contribution in [1.82, 2.24) is 0 Å². The lowest BCUT2D eigenvalue weighted by molar-refractivity contribution is 0.598. The third kappa shape index (κ3) is 3.12. The van der Waals surface area contributed by atoms with Crippen LogP contribution in [0.4, 0.5) is 11.4 Å². The number of nitrogens with one attached hydrogen (secondary N) is 1. The predicted octanol–water partition coefficient (Wildman–Crippen LogP) is 0.856. The van der Waals surface area contributed by atoms with Gasteiger partial charge in [-0.1, -0.05) is 13.8 Å². The number of nitriles is 1. The third-order valence-electron chi connectivity index (χ3n) is 2.29. The van der Waals surface area contributed by atoms with Crippen molar-refractivity contribution in [1.29, 1.82) is 5.26 Å². The molecule has 0 aliphatic heterocycles. The topological polar surface area (TPSA) is 122 Å². The quantitative estimate of drug-likeness (QED) is 0.699. The number of sulfonamides is 1. The van der Waals surface area contributed by atoms with Gasteiger partial charge in [-0.15, -0.1) is 0 Å². The van der Waals surface area contributed by atoms with Crippen molar-refractivity contribution in [2.45, 2.75) is 18.7 Å². The molecule has 0 heterocycles. The average Bonchev–Trinajstić information content (AvgIpc) is 2.24. The third-order valence-corrected chi connectivity index (χ3v) is 3.29. The summed E-state index contributed by atoms with van der Waals surface area (Å²) in [5.74, 6) is 0.354. The van der Waals surface area contributed by atoms with Gasteiger partial charge < -0.3 is 11.1 Å². The lowest BCUT2D eigenvalue weighted by Gasteiger charge is -2.13. The number of anilines is 2. The zero-order valence-electron chi connectivity index (χ0n) is 10.3. The van der Waals surface area contributed by atoms with Gasteiger partial charge in [-0.25, -0.2) is 13.6 Å². The van der Waals surface area contributed by atoms with Gasteiger partial charge in [-0.05, 0) is 18.1 Å². The standard InChI is InChI=1S/C11H16N4O2S/c1-7(2)6-15-10-4-3-9(13)11(8(10)5-12)18(14,16)17/h3-4,7,15H,6,13H2,1-2H3,(H2,14,16,17). The van der Waals surface area contributed by atoms with E-state index in [1.165, 1.54) is 6.07 Å². The van der Waals surface area contributed by atoms with Crippen LogP contribution in [0.15, 0.2) is 17.0 Å². The van der Waals surface area contributed by atoms with Gasteiger partial charge in [0.15, 0.2) is 0 Å². The van der Waals surface area contributed by atoms with Gasteiger partial charge in [0.05, 0.1) is 16.9 Å². The van der Waals surface area contributed by atoms with Crippen molar-refractivity contribution in [2.24, 2.45) is 11.1 Å². The lowest BCUT2D eigenvalue weighted by atomic mass is 10.1. The van der Waals surface area contributed by atoms with Crippen molar-refractivity contribution in [3.63, 3.8) is 0 Å². The smallest absolute Gasteiger partial charge is 0.241 e. The van der Waals surface area contributed by atoms with E-state index < -0.39 is 10.0 Å². The molecule has 0 bridgehead atoms.